The van der Waals surface area contributed by atoms with Gasteiger partial charge < -0.3 is 14.8 Å². The average molecular weight is 403 g/mol. The molecule has 1 aromatic carbocycles. The molecule has 1 aliphatic heterocycles. The molecule has 3 heterocycles. The van der Waals surface area contributed by atoms with Gasteiger partial charge in [0.1, 0.15) is 0 Å². The van der Waals surface area contributed by atoms with Gasteiger partial charge in [-0.3, -0.25) is 4.98 Å². The Balaban J connectivity index is 1.64. The average Bonchev–Trinajstić information content (AvgIpc) is 3.48. The minimum Gasteiger partial charge on any atom is -0.352 e. The second-order valence-electron chi connectivity index (χ2n) is 8.06. The minimum atomic E-state index is 0.0435. The number of nitrogens with zero attached hydrogens (tertiary/aromatic N) is 3. The van der Waals surface area contributed by atoms with E-state index in [1.807, 2.05) is 12.3 Å². The summed E-state index contributed by atoms with van der Waals surface area (Å²) >= 11 is 5.87. The number of pyridine rings is 1. The summed E-state index contributed by atoms with van der Waals surface area (Å²) in [5.41, 5.74) is 4.78. The maximum absolute atomic E-state index is 5.87. The van der Waals surface area contributed by atoms with E-state index < -0.39 is 0 Å². The van der Waals surface area contributed by atoms with Gasteiger partial charge in [0.2, 0.25) is 0 Å². The highest BCUT2D eigenvalue weighted by molar-refractivity contribution is 7.80. The summed E-state index contributed by atoms with van der Waals surface area (Å²) < 4.78 is 2.33. The third kappa shape index (κ3) is 3.23. The van der Waals surface area contributed by atoms with Crippen LogP contribution in [-0.4, -0.2) is 25.6 Å². The number of para-hydroxylation sites is 1. The monoisotopic (exact) mass is 402 g/mol. The molecule has 2 aliphatic rings. The summed E-state index contributed by atoms with van der Waals surface area (Å²) in [6.45, 7) is 2.17. The largest absolute Gasteiger partial charge is 0.352 e. The van der Waals surface area contributed by atoms with E-state index in [1.165, 1.54) is 42.6 Å². The first-order chi connectivity index (χ1) is 14.2. The van der Waals surface area contributed by atoms with Gasteiger partial charge in [0.15, 0.2) is 5.11 Å². The summed E-state index contributed by atoms with van der Waals surface area (Å²) in [7, 11) is 0. The Morgan fingerprint density at radius 1 is 1.00 bits per heavy atom. The number of rotatable bonds is 4. The van der Waals surface area contributed by atoms with Crippen molar-refractivity contribution >= 4 is 17.3 Å². The lowest BCUT2D eigenvalue weighted by Crippen LogP contribution is -2.38. The topological polar surface area (TPSA) is 33.1 Å². The van der Waals surface area contributed by atoms with Crippen LogP contribution in [0.4, 0.5) is 0 Å². The molecular formula is C24H26N4S. The highest BCUT2D eigenvalue weighted by Gasteiger charge is 2.44. The Hall–Kier alpha value is -2.66. The zero-order valence-electron chi connectivity index (χ0n) is 16.7. The van der Waals surface area contributed by atoms with Crippen molar-refractivity contribution in [1.29, 1.82) is 0 Å². The molecule has 5 rings (SSSR count). The minimum absolute atomic E-state index is 0.0435. The van der Waals surface area contributed by atoms with E-state index in [2.05, 4.69) is 81.4 Å². The molecule has 2 fully saturated rings. The number of thiocarbonyl (C=S) groups is 1. The van der Waals surface area contributed by atoms with Gasteiger partial charge in [-0.1, -0.05) is 37.1 Å². The summed E-state index contributed by atoms with van der Waals surface area (Å²) in [5.74, 6) is 0. The zero-order chi connectivity index (χ0) is 19.8. The normalized spacial score (nSPS) is 22.2. The van der Waals surface area contributed by atoms with Crippen molar-refractivity contribution in [2.45, 2.75) is 50.7 Å². The van der Waals surface area contributed by atoms with Crippen LogP contribution in [0.2, 0.25) is 0 Å². The van der Waals surface area contributed by atoms with Crippen LogP contribution < -0.4 is 5.32 Å². The van der Waals surface area contributed by atoms with E-state index in [0.717, 1.165) is 10.8 Å². The maximum Gasteiger partial charge on any atom is 0.170 e. The lowest BCUT2D eigenvalue weighted by Gasteiger charge is -2.33. The highest BCUT2D eigenvalue weighted by Crippen LogP contribution is 2.43. The second kappa shape index (κ2) is 7.64. The van der Waals surface area contributed by atoms with Gasteiger partial charge in [-0.2, -0.15) is 0 Å². The number of aromatic nitrogens is 2. The Morgan fingerprint density at radius 3 is 2.55 bits per heavy atom. The molecule has 148 valence electrons. The number of benzene rings is 1. The van der Waals surface area contributed by atoms with Crippen LogP contribution in [0.5, 0.6) is 0 Å². The summed E-state index contributed by atoms with van der Waals surface area (Å²) in [4.78, 5) is 7.14. The van der Waals surface area contributed by atoms with Crippen molar-refractivity contribution in [3.05, 3.63) is 83.9 Å². The van der Waals surface area contributed by atoms with Gasteiger partial charge in [-0.05, 0) is 67.9 Å². The molecule has 4 nitrogen and oxygen atoms in total. The molecule has 2 aromatic heterocycles. The van der Waals surface area contributed by atoms with E-state index in [0.29, 0.717) is 6.04 Å². The molecule has 3 aromatic rings. The Morgan fingerprint density at radius 2 is 1.79 bits per heavy atom. The van der Waals surface area contributed by atoms with Crippen molar-refractivity contribution < 1.29 is 0 Å². The molecule has 1 aliphatic carbocycles. The van der Waals surface area contributed by atoms with Gasteiger partial charge in [0.05, 0.1) is 17.8 Å². The molecule has 0 bridgehead atoms. The SMILES string of the molecule is Cc1ccccc1-n1cccc1[C@@H]1[C@H](c2ccccn2)NC(=S)N1C1CCCC1. The van der Waals surface area contributed by atoms with E-state index in [4.69, 9.17) is 12.2 Å². The Labute approximate surface area is 177 Å². The fourth-order valence-corrected chi connectivity index (χ4v) is 5.34. The van der Waals surface area contributed by atoms with Crippen LogP contribution in [0.3, 0.4) is 0 Å². The standard InChI is InChI=1S/C24H26N4S/c1-17-9-2-5-13-20(17)27-16-8-14-21(27)23-22(19-12-6-7-15-25-19)26-24(29)28(23)18-10-3-4-11-18/h2,5-9,12-16,18,22-23H,3-4,10-11H2,1H3,(H,26,29)/t22-,23+/m0/s1. The van der Waals surface area contributed by atoms with Gasteiger partial charge >= 0.3 is 0 Å². The lowest BCUT2D eigenvalue weighted by molar-refractivity contribution is 0.239. The van der Waals surface area contributed by atoms with Crippen molar-refractivity contribution in [1.82, 2.24) is 19.8 Å². The molecular weight excluding hydrogens is 376 g/mol. The van der Waals surface area contributed by atoms with Gasteiger partial charge in [0.25, 0.3) is 0 Å². The molecule has 0 spiro atoms. The predicted octanol–water partition coefficient (Wildman–Crippen LogP) is 5.10. The fourth-order valence-electron chi connectivity index (χ4n) is 4.95. The van der Waals surface area contributed by atoms with Crippen molar-refractivity contribution in [2.75, 3.05) is 0 Å². The Bertz CT molecular complexity index is 1010. The van der Waals surface area contributed by atoms with Crippen LogP contribution >= 0.6 is 12.2 Å². The second-order valence-corrected chi connectivity index (χ2v) is 8.45. The third-order valence-electron chi connectivity index (χ3n) is 6.31. The van der Waals surface area contributed by atoms with Crippen LogP contribution in [0.15, 0.2) is 67.0 Å². The number of aryl methyl sites for hydroxylation is 1. The van der Waals surface area contributed by atoms with Gasteiger partial charge in [0, 0.05) is 29.8 Å². The van der Waals surface area contributed by atoms with Crippen molar-refractivity contribution in [2.24, 2.45) is 0 Å². The summed E-state index contributed by atoms with van der Waals surface area (Å²) in [6, 6.07) is 19.7. The van der Waals surface area contributed by atoms with Crippen LogP contribution in [0.1, 0.15) is 54.7 Å². The molecule has 0 radical (unpaired) electrons. The number of nitrogens with one attached hydrogen (secondary N) is 1. The third-order valence-corrected chi connectivity index (χ3v) is 6.64. The number of hydrogen-bond acceptors (Lipinski definition) is 2. The van der Waals surface area contributed by atoms with E-state index in [1.54, 1.807) is 0 Å². The molecule has 1 saturated heterocycles. The van der Waals surface area contributed by atoms with Crippen molar-refractivity contribution in [3.8, 4) is 5.69 Å². The first kappa shape index (κ1) is 18.4. The van der Waals surface area contributed by atoms with Gasteiger partial charge in [-0.25, -0.2) is 0 Å². The lowest BCUT2D eigenvalue weighted by atomic mass is 9.99. The van der Waals surface area contributed by atoms with Crippen molar-refractivity contribution in [3.63, 3.8) is 0 Å². The summed E-state index contributed by atoms with van der Waals surface area (Å²) in [5, 5.41) is 4.47. The van der Waals surface area contributed by atoms with E-state index >= 15 is 0 Å². The number of hydrogen-bond donors (Lipinski definition) is 1. The van der Waals surface area contributed by atoms with Gasteiger partial charge in [-0.15, -0.1) is 0 Å². The molecule has 1 saturated carbocycles. The molecule has 0 unspecified atom stereocenters. The molecule has 2 atom stereocenters. The smallest absolute Gasteiger partial charge is 0.170 e. The predicted molar refractivity (Wildman–Crippen MR) is 120 cm³/mol. The zero-order valence-corrected chi connectivity index (χ0v) is 17.5. The molecule has 5 heteroatoms. The first-order valence-electron chi connectivity index (χ1n) is 10.5. The molecule has 0 amide bonds. The fraction of sp³-hybridized carbons (Fsp3) is 0.333. The van der Waals surface area contributed by atoms with Crippen LogP contribution in [0.25, 0.3) is 5.69 Å². The van der Waals surface area contributed by atoms with Crippen LogP contribution in [-0.2, 0) is 0 Å². The quantitative estimate of drug-likeness (QED) is 0.616. The van der Waals surface area contributed by atoms with E-state index in [9.17, 15) is 0 Å². The maximum atomic E-state index is 5.87. The summed E-state index contributed by atoms with van der Waals surface area (Å²) in [6.07, 6.45) is 9.01. The Kier molecular flexibility index (Phi) is 4.84. The highest BCUT2D eigenvalue weighted by atomic mass is 32.1. The van der Waals surface area contributed by atoms with E-state index in [-0.39, 0.29) is 12.1 Å². The van der Waals surface area contributed by atoms with Crippen LogP contribution in [0, 0.1) is 6.92 Å². The molecule has 29 heavy (non-hydrogen) atoms. The molecule has 1 N–H and O–H groups in total. The first-order valence-corrected chi connectivity index (χ1v) is 10.9.